The number of anilines is 1. The van der Waals surface area contributed by atoms with Crippen LogP contribution in [0.2, 0.25) is 0 Å². The van der Waals surface area contributed by atoms with Gasteiger partial charge in [-0.25, -0.2) is 8.42 Å². The van der Waals surface area contributed by atoms with E-state index in [4.69, 9.17) is 5.73 Å². The maximum atomic E-state index is 13.0. The monoisotopic (exact) mass is 559 g/mol. The van der Waals surface area contributed by atoms with Crippen molar-refractivity contribution in [1.29, 1.82) is 0 Å². The first kappa shape index (κ1) is 28.8. The number of nitrogens with two attached hydrogens (primary N) is 1. The quantitative estimate of drug-likeness (QED) is 0.288. The van der Waals surface area contributed by atoms with E-state index in [0.717, 1.165) is 17.0 Å². The molecule has 0 radical (unpaired) electrons. The van der Waals surface area contributed by atoms with Gasteiger partial charge in [0.1, 0.15) is 0 Å². The minimum absolute atomic E-state index is 0.131. The van der Waals surface area contributed by atoms with Crippen LogP contribution in [0.25, 0.3) is 0 Å². The Morgan fingerprint density at radius 1 is 1.14 bits per heavy atom. The number of alkyl halides is 3. The number of aliphatic hydroxyl groups excluding tert-OH is 1. The number of hydrogen-bond acceptors (Lipinski definition) is 7. The second-order valence-corrected chi connectivity index (χ2v) is 11.8. The first-order chi connectivity index (χ1) is 17.3. The van der Waals surface area contributed by atoms with Gasteiger partial charge in [0.15, 0.2) is 9.84 Å². The molecule has 202 valence electrons. The Kier molecular flexibility index (Phi) is 9.13. The second kappa shape index (κ2) is 11.7. The lowest BCUT2D eigenvalue weighted by Gasteiger charge is -2.34. The van der Waals surface area contributed by atoms with Crippen LogP contribution in [0.1, 0.15) is 35.2 Å². The van der Waals surface area contributed by atoms with E-state index in [1.54, 1.807) is 12.1 Å². The number of hydrogen-bond donors (Lipinski definition) is 4. The molecule has 0 heterocycles. The van der Waals surface area contributed by atoms with Crippen molar-refractivity contribution < 1.29 is 36.3 Å². The molecule has 1 aliphatic rings. The maximum absolute atomic E-state index is 13.0. The van der Waals surface area contributed by atoms with Crippen molar-refractivity contribution in [1.82, 2.24) is 10.6 Å². The summed E-state index contributed by atoms with van der Waals surface area (Å²) in [5, 5.41) is 15.0. The summed E-state index contributed by atoms with van der Waals surface area (Å²) >= 11 is 1.48. The zero-order chi connectivity index (χ0) is 27.4. The van der Waals surface area contributed by atoms with Crippen LogP contribution in [-0.4, -0.2) is 56.0 Å². The van der Waals surface area contributed by atoms with Crippen LogP contribution in [0, 0.1) is 5.92 Å². The lowest BCUT2D eigenvalue weighted by atomic mass is 9.84. The van der Waals surface area contributed by atoms with Crippen molar-refractivity contribution in [2.24, 2.45) is 5.92 Å². The smallest absolute Gasteiger partial charge is 0.398 e. The SMILES string of the molecule is CSc1ccc(S(=O)(=O)C[C@H]2CC[C@@H](O)C[C@@H]2NC(=O)CNC(=O)c2cc(C(F)(F)F)ccc2N)cc1. The van der Waals surface area contributed by atoms with Crippen molar-refractivity contribution >= 4 is 39.1 Å². The Morgan fingerprint density at radius 3 is 2.43 bits per heavy atom. The Labute approximate surface area is 217 Å². The predicted molar refractivity (Wildman–Crippen MR) is 134 cm³/mol. The van der Waals surface area contributed by atoms with Gasteiger partial charge in [-0.1, -0.05) is 0 Å². The zero-order valence-electron chi connectivity index (χ0n) is 19.9. The molecule has 13 heteroatoms. The first-order valence-corrected chi connectivity index (χ1v) is 14.3. The Morgan fingerprint density at radius 2 is 1.81 bits per heavy atom. The minimum atomic E-state index is -4.67. The van der Waals surface area contributed by atoms with Crippen LogP contribution in [0.5, 0.6) is 0 Å². The number of rotatable bonds is 8. The molecule has 5 N–H and O–H groups in total. The van der Waals surface area contributed by atoms with Crippen molar-refractivity contribution in [3.05, 3.63) is 53.6 Å². The molecule has 1 aliphatic carbocycles. The van der Waals surface area contributed by atoms with E-state index in [-0.39, 0.29) is 22.8 Å². The molecule has 2 amide bonds. The van der Waals surface area contributed by atoms with Gasteiger partial charge in [-0.3, -0.25) is 9.59 Å². The Balaban J connectivity index is 1.64. The van der Waals surface area contributed by atoms with Crippen molar-refractivity contribution in [2.45, 2.75) is 47.4 Å². The fourth-order valence-corrected chi connectivity index (χ4v) is 6.31. The summed E-state index contributed by atoms with van der Waals surface area (Å²) in [6.45, 7) is -0.573. The van der Waals surface area contributed by atoms with Crippen LogP contribution in [0.15, 0.2) is 52.3 Å². The third-order valence-corrected chi connectivity index (χ3v) is 8.80. The summed E-state index contributed by atoms with van der Waals surface area (Å²) in [5.41, 5.74) is 3.97. The van der Waals surface area contributed by atoms with E-state index in [2.05, 4.69) is 10.6 Å². The van der Waals surface area contributed by atoms with Gasteiger partial charge in [-0.05, 0) is 73.9 Å². The number of benzene rings is 2. The number of nitrogen functional groups attached to an aromatic ring is 1. The van der Waals surface area contributed by atoms with Crippen LogP contribution in [0.4, 0.5) is 18.9 Å². The van der Waals surface area contributed by atoms with Gasteiger partial charge < -0.3 is 21.5 Å². The van der Waals surface area contributed by atoms with Gasteiger partial charge in [-0.15, -0.1) is 11.8 Å². The van der Waals surface area contributed by atoms with E-state index in [1.165, 1.54) is 23.9 Å². The van der Waals surface area contributed by atoms with E-state index in [0.29, 0.717) is 18.9 Å². The molecule has 0 aromatic heterocycles. The molecule has 8 nitrogen and oxygen atoms in total. The fourth-order valence-electron chi connectivity index (χ4n) is 4.19. The van der Waals surface area contributed by atoms with E-state index in [9.17, 15) is 36.3 Å². The third kappa shape index (κ3) is 7.62. The Hall–Kier alpha value is -2.77. The molecule has 0 unspecified atom stereocenters. The normalized spacial score (nSPS) is 20.3. The average Bonchev–Trinajstić information content (AvgIpc) is 2.83. The highest BCUT2D eigenvalue weighted by molar-refractivity contribution is 7.98. The third-order valence-electron chi connectivity index (χ3n) is 6.20. The molecule has 1 fully saturated rings. The van der Waals surface area contributed by atoms with Crippen LogP contribution < -0.4 is 16.4 Å². The summed E-state index contributed by atoms with van der Waals surface area (Å²) in [5.74, 6) is -2.36. The topological polar surface area (TPSA) is 139 Å². The van der Waals surface area contributed by atoms with Gasteiger partial charge in [-0.2, -0.15) is 13.2 Å². The molecule has 37 heavy (non-hydrogen) atoms. The van der Waals surface area contributed by atoms with Gasteiger partial charge in [0.05, 0.1) is 34.4 Å². The number of aliphatic hydroxyl groups is 1. The maximum Gasteiger partial charge on any atom is 0.416 e. The highest BCUT2D eigenvalue weighted by Crippen LogP contribution is 2.31. The van der Waals surface area contributed by atoms with Gasteiger partial charge in [0.25, 0.3) is 5.91 Å². The lowest BCUT2D eigenvalue weighted by molar-refractivity contribution is -0.137. The zero-order valence-corrected chi connectivity index (χ0v) is 21.5. The van der Waals surface area contributed by atoms with Gasteiger partial charge >= 0.3 is 6.18 Å². The predicted octanol–water partition coefficient (Wildman–Crippen LogP) is 2.86. The lowest BCUT2D eigenvalue weighted by Crippen LogP contribution is -2.50. The number of halogens is 3. The van der Waals surface area contributed by atoms with Crippen molar-refractivity contribution in [3.8, 4) is 0 Å². The summed E-state index contributed by atoms with van der Waals surface area (Å²) in [7, 11) is -3.67. The number of thioether (sulfide) groups is 1. The standard InChI is InChI=1S/C24H28F3N3O5S2/c1-36-17-5-7-18(8-6-17)37(34,35)13-14-2-4-16(31)11-21(14)30-22(32)12-29-23(33)19-10-15(24(25,26)27)3-9-20(19)28/h3,5-10,14,16,21,31H,2,4,11-13,28H2,1H3,(H,29,33)(H,30,32)/t14-,16-,21+/m1/s1. The number of carbonyl (C=O) groups is 2. The van der Waals surface area contributed by atoms with E-state index >= 15 is 0 Å². The molecular weight excluding hydrogens is 531 g/mol. The molecular formula is C24H28F3N3O5S2. The average molecular weight is 560 g/mol. The van der Waals surface area contributed by atoms with Crippen LogP contribution in [-0.2, 0) is 20.8 Å². The van der Waals surface area contributed by atoms with Crippen LogP contribution >= 0.6 is 11.8 Å². The first-order valence-electron chi connectivity index (χ1n) is 11.4. The summed E-state index contributed by atoms with van der Waals surface area (Å²) in [6, 6.07) is 8.12. The van der Waals surface area contributed by atoms with Gasteiger partial charge in [0, 0.05) is 16.6 Å². The Bertz CT molecular complexity index is 1240. The highest BCUT2D eigenvalue weighted by atomic mass is 32.2. The van der Waals surface area contributed by atoms with E-state index in [1.807, 2.05) is 6.26 Å². The largest absolute Gasteiger partial charge is 0.416 e. The van der Waals surface area contributed by atoms with E-state index < -0.39 is 63.6 Å². The molecule has 0 bridgehead atoms. The fraction of sp³-hybridized carbons (Fsp3) is 0.417. The number of nitrogens with one attached hydrogen (secondary N) is 2. The number of amides is 2. The number of sulfone groups is 1. The second-order valence-electron chi connectivity index (χ2n) is 8.84. The molecule has 2 aromatic rings. The summed E-state index contributed by atoms with van der Waals surface area (Å²) in [6.07, 6.45) is -2.66. The minimum Gasteiger partial charge on any atom is -0.398 e. The molecule has 0 saturated heterocycles. The highest BCUT2D eigenvalue weighted by Gasteiger charge is 2.35. The molecule has 0 spiro atoms. The molecule has 0 aliphatic heterocycles. The molecule has 3 rings (SSSR count). The van der Waals surface area contributed by atoms with Gasteiger partial charge in [0.2, 0.25) is 5.91 Å². The molecule has 2 aromatic carbocycles. The summed E-state index contributed by atoms with van der Waals surface area (Å²) < 4.78 is 64.9. The molecule has 1 saturated carbocycles. The van der Waals surface area contributed by atoms with Crippen molar-refractivity contribution in [2.75, 3.05) is 24.3 Å². The molecule has 3 atom stereocenters. The summed E-state index contributed by atoms with van der Waals surface area (Å²) in [4.78, 5) is 26.0. The van der Waals surface area contributed by atoms with Crippen molar-refractivity contribution in [3.63, 3.8) is 0 Å². The van der Waals surface area contributed by atoms with Crippen LogP contribution in [0.3, 0.4) is 0 Å². The number of carbonyl (C=O) groups excluding carboxylic acids is 2.